The van der Waals surface area contributed by atoms with Crippen LogP contribution in [0.5, 0.6) is 0 Å². The maximum atomic E-state index is 11.5. The Bertz CT molecular complexity index is 241. The molecular formula is C9H15NO4. The number of hydrogen-bond donors (Lipinski definition) is 2. The van der Waals surface area contributed by atoms with Gasteiger partial charge < -0.3 is 15.1 Å². The van der Waals surface area contributed by atoms with Crippen LogP contribution in [-0.4, -0.2) is 45.7 Å². The first kappa shape index (κ1) is 11.0. The molecule has 1 aliphatic heterocycles. The number of rotatable bonds is 3. The molecule has 5 heteroatoms. The summed E-state index contributed by atoms with van der Waals surface area (Å²) < 4.78 is 0. The molecule has 1 rings (SSSR count). The van der Waals surface area contributed by atoms with E-state index in [0.717, 1.165) is 0 Å². The first-order chi connectivity index (χ1) is 6.57. The molecule has 1 heterocycles. The second-order valence-corrected chi connectivity index (χ2v) is 3.48. The lowest BCUT2D eigenvalue weighted by Crippen LogP contribution is -2.44. The van der Waals surface area contributed by atoms with Crippen molar-refractivity contribution in [2.24, 2.45) is 0 Å². The summed E-state index contributed by atoms with van der Waals surface area (Å²) in [5.41, 5.74) is 0. The quantitative estimate of drug-likeness (QED) is 0.664. The Hall–Kier alpha value is -1.10. The van der Waals surface area contributed by atoms with Crippen LogP contribution < -0.4 is 0 Å². The third kappa shape index (κ3) is 2.04. The average molecular weight is 201 g/mol. The number of carbonyl (C=O) groups excluding carboxylic acids is 1. The number of aliphatic carboxylic acids is 1. The topological polar surface area (TPSA) is 77.8 Å². The Morgan fingerprint density at radius 2 is 2.14 bits per heavy atom. The molecule has 0 aromatic heterocycles. The van der Waals surface area contributed by atoms with Crippen molar-refractivity contribution >= 4 is 11.9 Å². The Morgan fingerprint density at radius 1 is 1.50 bits per heavy atom. The first-order valence-corrected chi connectivity index (χ1v) is 4.78. The van der Waals surface area contributed by atoms with Crippen molar-refractivity contribution < 1.29 is 19.8 Å². The molecule has 0 aliphatic carbocycles. The summed E-state index contributed by atoms with van der Waals surface area (Å²) in [5.74, 6) is -1.31. The van der Waals surface area contributed by atoms with Crippen LogP contribution in [0.3, 0.4) is 0 Å². The maximum absolute atomic E-state index is 11.5. The standard InChI is InChI=1S/C9H15NO4/c1-2-3-7(12)10-5-4-6(11)8(10)9(13)14/h6,8,11H,2-5H2,1H3,(H,13,14)/t6-,8-/m0/s1. The van der Waals surface area contributed by atoms with Crippen LogP contribution in [0.15, 0.2) is 0 Å². The summed E-state index contributed by atoms with van der Waals surface area (Å²) in [7, 11) is 0. The zero-order valence-electron chi connectivity index (χ0n) is 8.14. The van der Waals surface area contributed by atoms with Gasteiger partial charge in [-0.1, -0.05) is 6.92 Å². The smallest absolute Gasteiger partial charge is 0.329 e. The number of carboxylic acid groups (broad SMARTS) is 1. The van der Waals surface area contributed by atoms with Crippen molar-refractivity contribution in [3.63, 3.8) is 0 Å². The van der Waals surface area contributed by atoms with Gasteiger partial charge in [-0.2, -0.15) is 0 Å². The van der Waals surface area contributed by atoms with Crippen LogP contribution in [0.2, 0.25) is 0 Å². The molecule has 1 amide bonds. The molecule has 0 bridgehead atoms. The van der Waals surface area contributed by atoms with Crippen molar-refractivity contribution in [2.45, 2.75) is 38.3 Å². The zero-order chi connectivity index (χ0) is 10.7. The van der Waals surface area contributed by atoms with Gasteiger partial charge in [-0.15, -0.1) is 0 Å². The fourth-order valence-electron chi connectivity index (χ4n) is 1.71. The van der Waals surface area contributed by atoms with E-state index in [1.165, 1.54) is 4.90 Å². The van der Waals surface area contributed by atoms with E-state index in [9.17, 15) is 14.7 Å². The summed E-state index contributed by atoms with van der Waals surface area (Å²) in [6.07, 6.45) is 0.467. The third-order valence-electron chi connectivity index (χ3n) is 2.40. The van der Waals surface area contributed by atoms with Crippen LogP contribution in [-0.2, 0) is 9.59 Å². The van der Waals surface area contributed by atoms with Crippen LogP contribution in [0.4, 0.5) is 0 Å². The highest BCUT2D eigenvalue weighted by atomic mass is 16.4. The number of carboxylic acids is 1. The fourth-order valence-corrected chi connectivity index (χ4v) is 1.71. The molecule has 0 radical (unpaired) electrons. The molecule has 1 fully saturated rings. The molecule has 0 aromatic carbocycles. The monoisotopic (exact) mass is 201 g/mol. The van der Waals surface area contributed by atoms with E-state index >= 15 is 0 Å². The minimum Gasteiger partial charge on any atom is -0.480 e. The van der Waals surface area contributed by atoms with E-state index in [2.05, 4.69) is 0 Å². The van der Waals surface area contributed by atoms with E-state index in [1.54, 1.807) is 0 Å². The normalized spacial score (nSPS) is 26.6. The van der Waals surface area contributed by atoms with Gasteiger partial charge in [-0.25, -0.2) is 4.79 Å². The van der Waals surface area contributed by atoms with Gasteiger partial charge in [0, 0.05) is 13.0 Å². The molecule has 2 N–H and O–H groups in total. The Labute approximate surface area is 82.3 Å². The lowest BCUT2D eigenvalue weighted by Gasteiger charge is -2.22. The molecule has 1 aliphatic rings. The van der Waals surface area contributed by atoms with Gasteiger partial charge in [0.15, 0.2) is 6.04 Å². The number of aliphatic hydroxyl groups excluding tert-OH is 1. The molecule has 0 aromatic rings. The fraction of sp³-hybridized carbons (Fsp3) is 0.778. The highest BCUT2D eigenvalue weighted by Crippen LogP contribution is 2.19. The van der Waals surface area contributed by atoms with Gasteiger partial charge in [-0.05, 0) is 12.8 Å². The average Bonchev–Trinajstić information content (AvgIpc) is 2.47. The number of carbonyl (C=O) groups is 2. The summed E-state index contributed by atoms with van der Waals surface area (Å²) in [6.45, 7) is 2.21. The van der Waals surface area contributed by atoms with Crippen LogP contribution in [0, 0.1) is 0 Å². The van der Waals surface area contributed by atoms with E-state index in [1.807, 2.05) is 6.92 Å². The van der Waals surface area contributed by atoms with Gasteiger partial charge in [0.25, 0.3) is 0 Å². The second-order valence-electron chi connectivity index (χ2n) is 3.48. The predicted octanol–water partition coefficient (Wildman–Crippen LogP) is -0.167. The SMILES string of the molecule is CCCC(=O)N1CC[C@H](O)[C@H]1C(=O)O. The van der Waals surface area contributed by atoms with Crippen LogP contribution in [0.25, 0.3) is 0 Å². The molecule has 14 heavy (non-hydrogen) atoms. The molecule has 80 valence electrons. The van der Waals surface area contributed by atoms with Gasteiger partial charge in [0.1, 0.15) is 0 Å². The maximum Gasteiger partial charge on any atom is 0.329 e. The van der Waals surface area contributed by atoms with Gasteiger partial charge in [-0.3, -0.25) is 4.79 Å². The molecule has 0 unspecified atom stereocenters. The number of likely N-dealkylation sites (tertiary alicyclic amines) is 1. The van der Waals surface area contributed by atoms with Crippen molar-refractivity contribution in [3.05, 3.63) is 0 Å². The van der Waals surface area contributed by atoms with Crippen molar-refractivity contribution in [2.75, 3.05) is 6.54 Å². The van der Waals surface area contributed by atoms with E-state index in [4.69, 9.17) is 5.11 Å². The van der Waals surface area contributed by atoms with Crippen molar-refractivity contribution in [1.29, 1.82) is 0 Å². The Balaban J connectivity index is 2.69. The van der Waals surface area contributed by atoms with Gasteiger partial charge in [0.05, 0.1) is 6.10 Å². The van der Waals surface area contributed by atoms with Crippen LogP contribution in [0.1, 0.15) is 26.2 Å². The molecular weight excluding hydrogens is 186 g/mol. The largest absolute Gasteiger partial charge is 0.480 e. The van der Waals surface area contributed by atoms with Gasteiger partial charge in [0.2, 0.25) is 5.91 Å². The number of hydrogen-bond acceptors (Lipinski definition) is 3. The highest BCUT2D eigenvalue weighted by molar-refractivity contribution is 5.84. The Morgan fingerprint density at radius 3 is 2.64 bits per heavy atom. The lowest BCUT2D eigenvalue weighted by atomic mass is 10.1. The molecule has 2 atom stereocenters. The Kier molecular flexibility index (Phi) is 3.46. The van der Waals surface area contributed by atoms with E-state index in [-0.39, 0.29) is 5.91 Å². The van der Waals surface area contributed by atoms with E-state index < -0.39 is 18.1 Å². The molecule has 1 saturated heterocycles. The second kappa shape index (κ2) is 4.41. The number of amides is 1. The van der Waals surface area contributed by atoms with E-state index in [0.29, 0.717) is 25.8 Å². The third-order valence-corrected chi connectivity index (χ3v) is 2.40. The molecule has 5 nitrogen and oxygen atoms in total. The molecule has 0 saturated carbocycles. The van der Waals surface area contributed by atoms with Crippen molar-refractivity contribution in [1.82, 2.24) is 4.90 Å². The number of nitrogens with zero attached hydrogens (tertiary/aromatic N) is 1. The first-order valence-electron chi connectivity index (χ1n) is 4.78. The summed E-state index contributed by atoms with van der Waals surface area (Å²) in [4.78, 5) is 23.5. The summed E-state index contributed by atoms with van der Waals surface area (Å²) in [6, 6.07) is -1.05. The summed E-state index contributed by atoms with van der Waals surface area (Å²) in [5, 5.41) is 18.2. The van der Waals surface area contributed by atoms with Crippen LogP contribution >= 0.6 is 0 Å². The zero-order valence-corrected chi connectivity index (χ0v) is 8.14. The van der Waals surface area contributed by atoms with Crippen molar-refractivity contribution in [3.8, 4) is 0 Å². The summed E-state index contributed by atoms with van der Waals surface area (Å²) >= 11 is 0. The molecule has 0 spiro atoms. The minimum atomic E-state index is -1.13. The highest BCUT2D eigenvalue weighted by Gasteiger charge is 2.40. The number of aliphatic hydroxyl groups is 1. The predicted molar refractivity (Wildman–Crippen MR) is 48.7 cm³/mol. The van der Waals surface area contributed by atoms with Gasteiger partial charge >= 0.3 is 5.97 Å². The minimum absolute atomic E-state index is 0.184. The lowest BCUT2D eigenvalue weighted by molar-refractivity contribution is -0.151.